The molecule has 0 aliphatic rings. The molecule has 0 saturated carbocycles. The molecule has 1 aromatic carbocycles. The lowest BCUT2D eigenvalue weighted by molar-refractivity contribution is -0.118. The first-order valence-corrected chi connectivity index (χ1v) is 10.2. The van der Waals surface area contributed by atoms with Crippen molar-refractivity contribution in [3.63, 3.8) is 0 Å². The summed E-state index contributed by atoms with van der Waals surface area (Å²) >= 11 is 10.2. The summed E-state index contributed by atoms with van der Waals surface area (Å²) in [6, 6.07) is 4.96. The number of methoxy groups -OCH3 is 1. The Bertz CT molecular complexity index is 933. The molecule has 0 radical (unpaired) electrons. The molecular weight excluding hydrogens is 488 g/mol. The lowest BCUT2D eigenvalue weighted by Crippen LogP contribution is -2.21. The summed E-state index contributed by atoms with van der Waals surface area (Å²) in [6.45, 7) is 1.43. The number of amides is 2. The molecule has 0 saturated heterocycles. The maximum absolute atomic E-state index is 12.4. The van der Waals surface area contributed by atoms with Gasteiger partial charge in [-0.25, -0.2) is 4.79 Å². The molecule has 1 heterocycles. The lowest BCUT2D eigenvalue weighted by Gasteiger charge is -2.10. The van der Waals surface area contributed by atoms with E-state index < -0.39 is 17.8 Å². The number of ether oxygens (including phenoxy) is 3. The van der Waals surface area contributed by atoms with Gasteiger partial charge in [0.15, 0.2) is 6.61 Å². The van der Waals surface area contributed by atoms with Crippen molar-refractivity contribution in [1.29, 1.82) is 0 Å². The maximum Gasteiger partial charge on any atom is 0.341 e. The van der Waals surface area contributed by atoms with Crippen LogP contribution in [0.15, 0.2) is 22.7 Å². The van der Waals surface area contributed by atoms with Crippen LogP contribution in [0.25, 0.3) is 0 Å². The van der Waals surface area contributed by atoms with Crippen LogP contribution in [0.4, 0.5) is 5.00 Å². The van der Waals surface area contributed by atoms with Crippen LogP contribution in [-0.4, -0.2) is 44.7 Å². The minimum Gasteiger partial charge on any atom is -0.482 e. The maximum atomic E-state index is 12.4. The number of carbonyl (C=O) groups is 3. The SMILES string of the molecule is COCCOC(=O)c1c(NC(=O)COc2ccc(Br)cc2Cl)sc(C(N)=O)c1C. The first-order valence-electron chi connectivity index (χ1n) is 8.21. The predicted octanol–water partition coefficient (Wildman–Crippen LogP) is 3.39. The number of halogens is 2. The quantitative estimate of drug-likeness (QED) is 0.398. The fourth-order valence-electron chi connectivity index (χ4n) is 2.27. The Morgan fingerprint density at radius 1 is 1.28 bits per heavy atom. The van der Waals surface area contributed by atoms with Gasteiger partial charge >= 0.3 is 5.97 Å². The minimum atomic E-state index is -0.711. The van der Waals surface area contributed by atoms with E-state index in [0.29, 0.717) is 16.3 Å². The van der Waals surface area contributed by atoms with Gasteiger partial charge in [0, 0.05) is 11.6 Å². The molecule has 11 heteroatoms. The molecule has 0 spiro atoms. The van der Waals surface area contributed by atoms with Gasteiger partial charge < -0.3 is 25.3 Å². The van der Waals surface area contributed by atoms with E-state index in [2.05, 4.69) is 21.2 Å². The molecule has 1 aromatic heterocycles. The number of primary amides is 1. The summed E-state index contributed by atoms with van der Waals surface area (Å²) in [7, 11) is 1.47. The number of carbonyl (C=O) groups excluding carboxylic acids is 3. The normalized spacial score (nSPS) is 10.5. The highest BCUT2D eigenvalue weighted by atomic mass is 79.9. The van der Waals surface area contributed by atoms with Crippen molar-refractivity contribution in [3.05, 3.63) is 43.7 Å². The van der Waals surface area contributed by atoms with Crippen LogP contribution < -0.4 is 15.8 Å². The van der Waals surface area contributed by atoms with Gasteiger partial charge in [0.05, 0.1) is 22.1 Å². The number of hydrogen-bond donors (Lipinski definition) is 2. The van der Waals surface area contributed by atoms with Gasteiger partial charge in [-0.2, -0.15) is 0 Å². The second-order valence-corrected chi connectivity index (χ2v) is 8.01. The predicted molar refractivity (Wildman–Crippen MR) is 113 cm³/mol. The minimum absolute atomic E-state index is 0.0229. The summed E-state index contributed by atoms with van der Waals surface area (Å²) in [6.07, 6.45) is 0. The summed E-state index contributed by atoms with van der Waals surface area (Å²) in [5.41, 5.74) is 5.75. The third kappa shape index (κ3) is 6.17. The number of esters is 1. The molecular formula is C18H18BrClN2O6S. The molecule has 2 rings (SSSR count). The third-order valence-corrected chi connectivity index (χ3v) is 5.61. The van der Waals surface area contributed by atoms with Crippen LogP contribution in [0, 0.1) is 6.92 Å². The van der Waals surface area contributed by atoms with Crippen molar-refractivity contribution in [2.45, 2.75) is 6.92 Å². The van der Waals surface area contributed by atoms with Crippen LogP contribution in [0.3, 0.4) is 0 Å². The van der Waals surface area contributed by atoms with E-state index in [9.17, 15) is 14.4 Å². The van der Waals surface area contributed by atoms with E-state index in [0.717, 1.165) is 15.8 Å². The highest BCUT2D eigenvalue weighted by molar-refractivity contribution is 9.10. The largest absolute Gasteiger partial charge is 0.482 e. The molecule has 2 aromatic rings. The fraction of sp³-hybridized carbons (Fsp3) is 0.278. The number of hydrogen-bond acceptors (Lipinski definition) is 7. The number of nitrogens with one attached hydrogen (secondary N) is 1. The fourth-order valence-corrected chi connectivity index (χ4v) is 4.06. The Kier molecular flexibility index (Phi) is 8.45. The molecule has 29 heavy (non-hydrogen) atoms. The van der Waals surface area contributed by atoms with Crippen molar-refractivity contribution in [2.24, 2.45) is 5.73 Å². The number of benzene rings is 1. The van der Waals surface area contributed by atoms with E-state index in [-0.39, 0.29) is 35.3 Å². The molecule has 8 nitrogen and oxygen atoms in total. The third-order valence-electron chi connectivity index (χ3n) is 3.60. The van der Waals surface area contributed by atoms with E-state index in [1.165, 1.54) is 7.11 Å². The Hall–Kier alpha value is -2.14. The van der Waals surface area contributed by atoms with E-state index >= 15 is 0 Å². The van der Waals surface area contributed by atoms with Crippen molar-refractivity contribution >= 4 is 61.7 Å². The average Bonchev–Trinajstić information content (AvgIpc) is 2.97. The zero-order chi connectivity index (χ0) is 21.6. The van der Waals surface area contributed by atoms with Gasteiger partial charge in [-0.05, 0) is 30.7 Å². The van der Waals surface area contributed by atoms with Crippen molar-refractivity contribution in [1.82, 2.24) is 0 Å². The van der Waals surface area contributed by atoms with Crippen LogP contribution >= 0.6 is 38.9 Å². The number of nitrogens with two attached hydrogens (primary N) is 1. The Labute approximate surface area is 184 Å². The number of rotatable bonds is 9. The molecule has 0 unspecified atom stereocenters. The number of anilines is 1. The van der Waals surface area contributed by atoms with Gasteiger partial charge in [0.25, 0.3) is 11.8 Å². The second kappa shape index (κ2) is 10.6. The van der Waals surface area contributed by atoms with Gasteiger partial charge in [-0.15, -0.1) is 11.3 Å². The molecule has 0 fully saturated rings. The molecule has 0 bridgehead atoms. The van der Waals surface area contributed by atoms with Crippen LogP contribution in [-0.2, 0) is 14.3 Å². The standard InChI is InChI=1S/C18H18BrClN2O6S/c1-9-14(18(25)27-6-5-26-2)17(29-15(9)16(21)24)22-13(23)8-28-12-4-3-10(19)7-11(12)20/h3-4,7H,5-6,8H2,1-2H3,(H2,21,24)(H,22,23). The topological polar surface area (TPSA) is 117 Å². The Balaban J connectivity index is 2.15. The van der Waals surface area contributed by atoms with Crippen molar-refractivity contribution < 1.29 is 28.6 Å². The monoisotopic (exact) mass is 504 g/mol. The van der Waals surface area contributed by atoms with Gasteiger partial charge in [-0.3, -0.25) is 9.59 Å². The van der Waals surface area contributed by atoms with Crippen LogP contribution in [0.2, 0.25) is 5.02 Å². The Morgan fingerprint density at radius 2 is 2.00 bits per heavy atom. The first-order chi connectivity index (χ1) is 13.7. The van der Waals surface area contributed by atoms with E-state index in [1.54, 1.807) is 25.1 Å². The molecule has 0 aliphatic heterocycles. The van der Waals surface area contributed by atoms with Gasteiger partial charge in [-0.1, -0.05) is 27.5 Å². The smallest absolute Gasteiger partial charge is 0.341 e. The number of thiophene rings is 1. The summed E-state index contributed by atoms with van der Waals surface area (Å²) < 4.78 is 16.1. The summed E-state index contributed by atoms with van der Waals surface area (Å²) in [4.78, 5) is 36.5. The highest BCUT2D eigenvalue weighted by Gasteiger charge is 2.26. The molecule has 3 N–H and O–H groups in total. The lowest BCUT2D eigenvalue weighted by atomic mass is 10.1. The first kappa shape index (κ1) is 23.1. The zero-order valence-corrected chi connectivity index (χ0v) is 18.7. The van der Waals surface area contributed by atoms with Crippen LogP contribution in [0.1, 0.15) is 25.6 Å². The van der Waals surface area contributed by atoms with Gasteiger partial charge in [0.2, 0.25) is 0 Å². The molecule has 0 aliphatic carbocycles. The summed E-state index contributed by atoms with van der Waals surface area (Å²) in [5, 5.41) is 3.04. The second-order valence-electron chi connectivity index (χ2n) is 5.66. The van der Waals surface area contributed by atoms with E-state index in [1.807, 2.05) is 0 Å². The molecule has 156 valence electrons. The Morgan fingerprint density at radius 3 is 2.62 bits per heavy atom. The molecule has 2 amide bonds. The van der Waals surface area contributed by atoms with E-state index in [4.69, 9.17) is 31.5 Å². The highest BCUT2D eigenvalue weighted by Crippen LogP contribution is 2.33. The molecule has 0 atom stereocenters. The summed E-state index contributed by atoms with van der Waals surface area (Å²) in [5.74, 6) is -1.64. The van der Waals surface area contributed by atoms with Crippen LogP contribution in [0.5, 0.6) is 5.75 Å². The average molecular weight is 506 g/mol. The zero-order valence-electron chi connectivity index (χ0n) is 15.5. The van der Waals surface area contributed by atoms with Crippen molar-refractivity contribution in [2.75, 3.05) is 32.2 Å². The van der Waals surface area contributed by atoms with Gasteiger partial charge in [0.1, 0.15) is 17.4 Å². The van der Waals surface area contributed by atoms with Crippen molar-refractivity contribution in [3.8, 4) is 5.75 Å².